The average Bonchev–Trinajstić information content (AvgIpc) is 2.59. The van der Waals surface area contributed by atoms with Gasteiger partial charge in [0.2, 0.25) is 0 Å². The number of nitrogens with zero attached hydrogens (tertiary/aromatic N) is 1. The monoisotopic (exact) mass is 431 g/mol. The molecule has 1 aliphatic rings. The van der Waals surface area contributed by atoms with Gasteiger partial charge >= 0.3 is 0 Å². The van der Waals surface area contributed by atoms with Gasteiger partial charge in [-0.3, -0.25) is 4.99 Å². The molecule has 0 bridgehead atoms. The van der Waals surface area contributed by atoms with Crippen molar-refractivity contribution >= 4 is 29.9 Å². The number of nitrogens with one attached hydrogen (secondary N) is 2. The molecule has 0 fully saturated rings. The third kappa shape index (κ3) is 6.78. The maximum Gasteiger partial charge on any atom is 0.191 e. The summed E-state index contributed by atoms with van der Waals surface area (Å²) in [6.45, 7) is 3.14. The van der Waals surface area contributed by atoms with Gasteiger partial charge in [-0.05, 0) is 18.9 Å². The van der Waals surface area contributed by atoms with Crippen LogP contribution in [0.15, 0.2) is 40.9 Å². The Labute approximate surface area is 155 Å². The highest BCUT2D eigenvalue weighted by Gasteiger charge is 2.05. The molecule has 2 N–H and O–H groups in total. The molecule has 6 heteroatoms. The molecular weight excluding hydrogens is 405 g/mol. The van der Waals surface area contributed by atoms with E-state index in [0.29, 0.717) is 6.54 Å². The van der Waals surface area contributed by atoms with Crippen molar-refractivity contribution in [2.75, 3.05) is 33.9 Å². The number of methoxy groups -OCH3 is 1. The third-order valence-electron chi connectivity index (χ3n) is 3.66. The minimum absolute atomic E-state index is 0. The van der Waals surface area contributed by atoms with E-state index in [1.807, 2.05) is 24.3 Å². The molecule has 5 nitrogen and oxygen atoms in total. The van der Waals surface area contributed by atoms with E-state index in [9.17, 15) is 0 Å². The van der Waals surface area contributed by atoms with Gasteiger partial charge in [0.05, 0.1) is 20.3 Å². The highest BCUT2D eigenvalue weighted by molar-refractivity contribution is 14.0. The number of para-hydroxylation sites is 1. The van der Waals surface area contributed by atoms with Crippen molar-refractivity contribution in [3.05, 3.63) is 41.5 Å². The predicted molar refractivity (Wildman–Crippen MR) is 105 cm³/mol. The molecule has 0 aliphatic carbocycles. The van der Waals surface area contributed by atoms with E-state index in [4.69, 9.17) is 9.47 Å². The molecular formula is C17H26IN3O2. The lowest BCUT2D eigenvalue weighted by molar-refractivity contribution is 0.153. The van der Waals surface area contributed by atoms with Crippen LogP contribution in [-0.4, -0.2) is 39.9 Å². The van der Waals surface area contributed by atoms with Crippen molar-refractivity contribution < 1.29 is 9.47 Å². The van der Waals surface area contributed by atoms with Crippen molar-refractivity contribution in [2.24, 2.45) is 4.99 Å². The summed E-state index contributed by atoms with van der Waals surface area (Å²) in [6.07, 6.45) is 4.24. The van der Waals surface area contributed by atoms with Gasteiger partial charge in [-0.1, -0.05) is 29.8 Å². The van der Waals surface area contributed by atoms with Crippen LogP contribution in [0.2, 0.25) is 0 Å². The maximum absolute atomic E-state index is 5.35. The molecule has 1 aliphatic heterocycles. The smallest absolute Gasteiger partial charge is 0.191 e. The molecule has 0 unspecified atom stereocenters. The number of hydrogen-bond donors (Lipinski definition) is 2. The lowest BCUT2D eigenvalue weighted by Gasteiger charge is -2.16. The summed E-state index contributed by atoms with van der Waals surface area (Å²) in [7, 11) is 3.47. The van der Waals surface area contributed by atoms with Gasteiger partial charge in [-0.15, -0.1) is 24.0 Å². The topological polar surface area (TPSA) is 54.9 Å². The Bertz CT molecular complexity index is 532. The molecule has 2 rings (SSSR count). The van der Waals surface area contributed by atoms with Crippen molar-refractivity contribution in [2.45, 2.75) is 19.4 Å². The van der Waals surface area contributed by atoms with Crippen molar-refractivity contribution in [3.8, 4) is 5.75 Å². The molecule has 1 aromatic rings. The Morgan fingerprint density at radius 1 is 1.30 bits per heavy atom. The van der Waals surface area contributed by atoms with Gasteiger partial charge in [-0.2, -0.15) is 0 Å². The van der Waals surface area contributed by atoms with Crippen LogP contribution in [0.4, 0.5) is 0 Å². The van der Waals surface area contributed by atoms with Crippen LogP contribution >= 0.6 is 24.0 Å². The minimum Gasteiger partial charge on any atom is -0.496 e. The zero-order chi connectivity index (χ0) is 15.6. The molecule has 0 amide bonds. The highest BCUT2D eigenvalue weighted by Crippen LogP contribution is 2.16. The first kappa shape index (κ1) is 19.8. The zero-order valence-electron chi connectivity index (χ0n) is 13.8. The molecule has 0 atom stereocenters. The third-order valence-corrected chi connectivity index (χ3v) is 3.66. The van der Waals surface area contributed by atoms with Gasteiger partial charge in [0, 0.05) is 25.7 Å². The van der Waals surface area contributed by atoms with E-state index < -0.39 is 0 Å². The number of aliphatic imine (C=N–C) groups is 1. The molecule has 0 saturated heterocycles. The van der Waals surface area contributed by atoms with E-state index in [0.717, 1.165) is 49.9 Å². The summed E-state index contributed by atoms with van der Waals surface area (Å²) in [5, 5.41) is 6.65. The predicted octanol–water partition coefficient (Wildman–Crippen LogP) is 2.72. The normalized spacial score (nSPS) is 14.5. The molecule has 0 radical (unpaired) electrons. The average molecular weight is 431 g/mol. The van der Waals surface area contributed by atoms with Gasteiger partial charge in [0.25, 0.3) is 0 Å². The van der Waals surface area contributed by atoms with E-state index in [1.54, 1.807) is 14.2 Å². The standard InChI is InChI=1S/C17H25N3O2.HI/c1-18-17(19-10-7-14-8-11-22-12-9-14)20-13-15-5-3-4-6-16(15)21-2;/h3-6,8H,7,9-13H2,1-2H3,(H2,18,19,20);1H. The van der Waals surface area contributed by atoms with Crippen LogP contribution in [0.1, 0.15) is 18.4 Å². The highest BCUT2D eigenvalue weighted by atomic mass is 127. The number of hydrogen-bond acceptors (Lipinski definition) is 3. The Hall–Kier alpha value is -1.28. The molecule has 0 saturated carbocycles. The minimum atomic E-state index is 0. The molecule has 0 spiro atoms. The van der Waals surface area contributed by atoms with Gasteiger partial charge in [-0.25, -0.2) is 0 Å². The first-order chi connectivity index (χ1) is 10.8. The number of rotatable bonds is 6. The van der Waals surface area contributed by atoms with Crippen LogP contribution in [0.25, 0.3) is 0 Å². The second kappa shape index (κ2) is 11.3. The van der Waals surface area contributed by atoms with E-state index in [1.165, 1.54) is 5.57 Å². The van der Waals surface area contributed by atoms with Crippen LogP contribution in [0.3, 0.4) is 0 Å². The molecule has 1 aromatic carbocycles. The Kier molecular flexibility index (Phi) is 9.70. The molecule has 128 valence electrons. The van der Waals surface area contributed by atoms with Gasteiger partial charge < -0.3 is 20.1 Å². The number of halogens is 1. The van der Waals surface area contributed by atoms with E-state index >= 15 is 0 Å². The van der Waals surface area contributed by atoms with Crippen LogP contribution in [0, 0.1) is 0 Å². The summed E-state index contributed by atoms with van der Waals surface area (Å²) in [5.41, 5.74) is 2.57. The van der Waals surface area contributed by atoms with Crippen LogP contribution < -0.4 is 15.4 Å². The Morgan fingerprint density at radius 3 is 2.83 bits per heavy atom. The number of guanidine groups is 1. The van der Waals surface area contributed by atoms with Crippen molar-refractivity contribution in [1.29, 1.82) is 0 Å². The first-order valence-electron chi connectivity index (χ1n) is 7.65. The lowest BCUT2D eigenvalue weighted by Crippen LogP contribution is -2.37. The first-order valence-corrected chi connectivity index (χ1v) is 7.65. The largest absolute Gasteiger partial charge is 0.496 e. The lowest BCUT2D eigenvalue weighted by atomic mass is 10.1. The Morgan fingerprint density at radius 2 is 2.13 bits per heavy atom. The van der Waals surface area contributed by atoms with Crippen molar-refractivity contribution in [1.82, 2.24) is 10.6 Å². The summed E-state index contributed by atoms with van der Waals surface area (Å²) >= 11 is 0. The van der Waals surface area contributed by atoms with Crippen LogP contribution in [-0.2, 0) is 11.3 Å². The fraction of sp³-hybridized carbons (Fsp3) is 0.471. The van der Waals surface area contributed by atoms with E-state index in [-0.39, 0.29) is 24.0 Å². The van der Waals surface area contributed by atoms with Crippen LogP contribution in [0.5, 0.6) is 5.75 Å². The summed E-state index contributed by atoms with van der Waals surface area (Å²) in [6, 6.07) is 7.99. The summed E-state index contributed by atoms with van der Waals surface area (Å²) in [4.78, 5) is 4.25. The van der Waals surface area contributed by atoms with Crippen molar-refractivity contribution in [3.63, 3.8) is 0 Å². The fourth-order valence-electron chi connectivity index (χ4n) is 2.38. The van der Waals surface area contributed by atoms with E-state index in [2.05, 4.69) is 21.7 Å². The SMILES string of the molecule is CN=C(NCCC1=CCOCC1)NCc1ccccc1OC.I. The second-order valence-electron chi connectivity index (χ2n) is 5.10. The summed E-state index contributed by atoms with van der Waals surface area (Å²) in [5.74, 6) is 1.69. The molecule has 0 aromatic heterocycles. The maximum atomic E-state index is 5.35. The Balaban J connectivity index is 0.00000264. The van der Waals surface area contributed by atoms with Gasteiger partial charge in [0.15, 0.2) is 5.96 Å². The number of benzene rings is 1. The quantitative estimate of drug-likeness (QED) is 0.315. The number of ether oxygens (including phenoxy) is 2. The molecule has 1 heterocycles. The molecule has 23 heavy (non-hydrogen) atoms. The second-order valence-corrected chi connectivity index (χ2v) is 5.10. The van der Waals surface area contributed by atoms with Gasteiger partial charge in [0.1, 0.15) is 5.75 Å². The summed E-state index contributed by atoms with van der Waals surface area (Å²) < 4.78 is 10.7. The zero-order valence-corrected chi connectivity index (χ0v) is 16.1. The fourth-order valence-corrected chi connectivity index (χ4v) is 2.38.